The number of aliphatic hydroxyl groups excluding tert-OH is 2. The maximum Gasteiger partial charge on any atom is 0.0750 e. The Morgan fingerprint density at radius 1 is 1.33 bits per heavy atom. The normalized spacial score (nSPS) is 38.2. The predicted octanol–water partition coefficient (Wildman–Crippen LogP) is 6.20. The average Bonchev–Trinajstić information content (AvgIpc) is 2.95. The van der Waals surface area contributed by atoms with E-state index in [1.807, 2.05) is 6.92 Å². The van der Waals surface area contributed by atoms with Crippen LogP contribution in [0, 0.1) is 23.2 Å². The Bertz CT molecular complexity index is 571. The van der Waals surface area contributed by atoms with Crippen LogP contribution < -0.4 is 0 Å². The summed E-state index contributed by atoms with van der Waals surface area (Å²) in [7, 11) is 0. The summed E-state index contributed by atoms with van der Waals surface area (Å²) in [6.07, 6.45) is 15.6. The molecule has 5 atom stereocenters. The van der Waals surface area contributed by atoms with Gasteiger partial charge in [0.05, 0.1) is 12.7 Å². The van der Waals surface area contributed by atoms with E-state index in [1.165, 1.54) is 24.8 Å². The highest BCUT2D eigenvalue weighted by atomic mass is 16.3. The molecule has 0 radical (unpaired) electrons. The van der Waals surface area contributed by atoms with Crippen molar-refractivity contribution < 1.29 is 10.2 Å². The fourth-order valence-corrected chi connectivity index (χ4v) is 5.26. The number of hydrogen-bond donors (Lipinski definition) is 2. The third-order valence-electron chi connectivity index (χ3n) is 7.48. The van der Waals surface area contributed by atoms with Crippen LogP contribution in [0.2, 0.25) is 0 Å². The van der Waals surface area contributed by atoms with E-state index in [0.717, 1.165) is 43.3 Å². The van der Waals surface area contributed by atoms with Crippen molar-refractivity contribution in [2.24, 2.45) is 23.2 Å². The van der Waals surface area contributed by atoms with Crippen LogP contribution in [0.25, 0.3) is 0 Å². The van der Waals surface area contributed by atoms with Crippen molar-refractivity contribution in [1.82, 2.24) is 0 Å². The van der Waals surface area contributed by atoms with E-state index in [0.29, 0.717) is 23.2 Å². The molecule has 2 rings (SSSR count). The minimum Gasteiger partial charge on any atom is -0.392 e. The fourth-order valence-electron chi connectivity index (χ4n) is 5.26. The van der Waals surface area contributed by atoms with Crippen LogP contribution in [0.3, 0.4) is 0 Å². The second kappa shape index (κ2) is 10.1. The van der Waals surface area contributed by atoms with E-state index >= 15 is 0 Å². The minimum atomic E-state index is -0.294. The van der Waals surface area contributed by atoms with Gasteiger partial charge in [-0.05, 0) is 101 Å². The molecule has 0 aromatic rings. The predicted molar refractivity (Wildman–Crippen MR) is 116 cm³/mol. The third kappa shape index (κ3) is 6.06. The highest BCUT2D eigenvalue weighted by Gasteiger charge is 2.46. The molecule has 1 saturated carbocycles. The van der Waals surface area contributed by atoms with E-state index in [1.54, 1.807) is 0 Å². The monoisotopic (exact) mass is 374 g/mol. The first-order valence-corrected chi connectivity index (χ1v) is 11.0. The first-order valence-electron chi connectivity index (χ1n) is 11.0. The molecule has 0 heterocycles. The van der Waals surface area contributed by atoms with Gasteiger partial charge < -0.3 is 10.2 Å². The molecule has 0 aromatic carbocycles. The van der Waals surface area contributed by atoms with E-state index < -0.39 is 0 Å². The summed E-state index contributed by atoms with van der Waals surface area (Å²) in [5, 5.41) is 20.1. The number of aliphatic hydroxyl groups is 2. The molecular formula is C25H42O2. The van der Waals surface area contributed by atoms with Crippen molar-refractivity contribution in [3.8, 4) is 0 Å². The lowest BCUT2D eigenvalue weighted by atomic mass is 9.68. The lowest BCUT2D eigenvalue weighted by Crippen LogP contribution is -2.31. The van der Waals surface area contributed by atoms with Crippen LogP contribution >= 0.6 is 0 Å². The van der Waals surface area contributed by atoms with Crippen LogP contribution in [0.15, 0.2) is 34.9 Å². The summed E-state index contributed by atoms with van der Waals surface area (Å²) in [5.74, 6) is 1.93. The van der Waals surface area contributed by atoms with Gasteiger partial charge in [-0.1, -0.05) is 43.2 Å². The number of fused-ring (bicyclic) bond motifs is 1. The molecule has 0 unspecified atom stereocenters. The average molecular weight is 375 g/mol. The lowest BCUT2D eigenvalue weighted by Gasteiger charge is -2.37. The summed E-state index contributed by atoms with van der Waals surface area (Å²) in [5.41, 5.74) is 4.04. The third-order valence-corrected chi connectivity index (χ3v) is 7.48. The topological polar surface area (TPSA) is 40.5 Å². The largest absolute Gasteiger partial charge is 0.392 e. The minimum absolute atomic E-state index is 0.169. The van der Waals surface area contributed by atoms with Gasteiger partial charge in [-0.25, -0.2) is 0 Å². The Hall–Kier alpha value is -0.860. The molecule has 2 aliphatic carbocycles. The van der Waals surface area contributed by atoms with Gasteiger partial charge in [0.2, 0.25) is 0 Å². The Balaban J connectivity index is 2.17. The van der Waals surface area contributed by atoms with Gasteiger partial charge in [0.1, 0.15) is 0 Å². The second-order valence-electron chi connectivity index (χ2n) is 9.72. The maximum absolute atomic E-state index is 10.9. The van der Waals surface area contributed by atoms with Gasteiger partial charge >= 0.3 is 0 Å². The van der Waals surface area contributed by atoms with Crippen molar-refractivity contribution in [2.75, 3.05) is 6.61 Å². The molecule has 0 spiro atoms. The zero-order valence-corrected chi connectivity index (χ0v) is 18.3. The highest BCUT2D eigenvalue weighted by Crippen LogP contribution is 2.54. The summed E-state index contributed by atoms with van der Waals surface area (Å²) in [6.45, 7) is 11.4. The molecule has 0 aliphatic heterocycles. The van der Waals surface area contributed by atoms with E-state index in [9.17, 15) is 10.2 Å². The number of allylic oxidation sites excluding steroid dienone is 4. The Labute approximate surface area is 167 Å². The molecule has 1 fully saturated rings. The fraction of sp³-hybridized carbons (Fsp3) is 0.760. The second-order valence-corrected chi connectivity index (χ2v) is 9.72. The van der Waals surface area contributed by atoms with E-state index in [-0.39, 0.29) is 12.7 Å². The van der Waals surface area contributed by atoms with Crippen molar-refractivity contribution >= 4 is 0 Å². The molecule has 0 amide bonds. The summed E-state index contributed by atoms with van der Waals surface area (Å²) >= 11 is 0. The van der Waals surface area contributed by atoms with Crippen LogP contribution in [-0.2, 0) is 0 Å². The molecular weight excluding hydrogens is 332 g/mol. The van der Waals surface area contributed by atoms with E-state index in [4.69, 9.17) is 0 Å². The molecule has 0 bridgehead atoms. The molecule has 27 heavy (non-hydrogen) atoms. The molecule has 2 nitrogen and oxygen atoms in total. The van der Waals surface area contributed by atoms with Gasteiger partial charge in [0.15, 0.2) is 0 Å². The lowest BCUT2D eigenvalue weighted by molar-refractivity contribution is 0.0880. The first-order chi connectivity index (χ1) is 12.8. The Kier molecular flexibility index (Phi) is 8.37. The van der Waals surface area contributed by atoms with Gasteiger partial charge in [0.25, 0.3) is 0 Å². The van der Waals surface area contributed by atoms with Crippen LogP contribution in [0.5, 0.6) is 0 Å². The molecule has 0 saturated heterocycles. The van der Waals surface area contributed by atoms with Crippen LogP contribution in [0.1, 0.15) is 86.0 Å². The SMILES string of the molecule is C/C1=C/C[C@]2(C)CC[C@@H]([C@@H](C)CC/C=C(\C)CO)[C@H]2C[C@H](O)/C(C)=C/CC1. The Morgan fingerprint density at radius 3 is 2.78 bits per heavy atom. The zero-order valence-electron chi connectivity index (χ0n) is 18.3. The summed E-state index contributed by atoms with van der Waals surface area (Å²) < 4.78 is 0. The molecule has 2 N–H and O–H groups in total. The molecule has 2 heteroatoms. The number of rotatable bonds is 5. The van der Waals surface area contributed by atoms with Crippen molar-refractivity contribution in [1.29, 1.82) is 0 Å². The van der Waals surface area contributed by atoms with E-state index in [2.05, 4.69) is 45.9 Å². The zero-order chi connectivity index (χ0) is 20.0. The van der Waals surface area contributed by atoms with Crippen LogP contribution in [-0.4, -0.2) is 22.9 Å². The molecule has 154 valence electrons. The van der Waals surface area contributed by atoms with Gasteiger partial charge in [-0.3, -0.25) is 0 Å². The Morgan fingerprint density at radius 2 is 2.07 bits per heavy atom. The van der Waals surface area contributed by atoms with Crippen molar-refractivity contribution in [3.63, 3.8) is 0 Å². The molecule has 2 aliphatic rings. The van der Waals surface area contributed by atoms with Gasteiger partial charge in [-0.15, -0.1) is 0 Å². The van der Waals surface area contributed by atoms with Crippen molar-refractivity contribution in [3.05, 3.63) is 34.9 Å². The first kappa shape index (κ1) is 22.4. The van der Waals surface area contributed by atoms with Crippen LogP contribution in [0.4, 0.5) is 0 Å². The standard InChI is InChI=1S/C25H42O2/c1-18-8-6-11-21(4)24(27)16-23-22(13-15-25(23,5)14-12-18)20(3)10-7-9-19(2)17-26/h9,11-12,20,22-24,26-27H,6-8,10,13-17H2,1-5H3/b18-12-,19-9+,21-11+/t20-,22-,23+,24-,25+/m0/s1. The smallest absolute Gasteiger partial charge is 0.0750 e. The molecule has 0 aromatic heterocycles. The van der Waals surface area contributed by atoms with Gasteiger partial charge in [0, 0.05) is 0 Å². The highest BCUT2D eigenvalue weighted by molar-refractivity contribution is 5.12. The summed E-state index contributed by atoms with van der Waals surface area (Å²) in [6, 6.07) is 0. The maximum atomic E-state index is 10.9. The van der Waals surface area contributed by atoms with Gasteiger partial charge in [-0.2, -0.15) is 0 Å². The number of hydrogen-bond acceptors (Lipinski definition) is 2. The van der Waals surface area contributed by atoms with Crippen molar-refractivity contribution in [2.45, 2.75) is 92.1 Å². The summed E-state index contributed by atoms with van der Waals surface area (Å²) in [4.78, 5) is 0. The quantitative estimate of drug-likeness (QED) is 0.562.